The first-order valence-electron chi connectivity index (χ1n) is 11.4. The SMILES string of the molecule is CC(C)CCOc1ccc(Br)cc1C(=O)NC(=S)Nc1cccc(OCCOc2ccccc2)c1. The summed E-state index contributed by atoms with van der Waals surface area (Å²) in [5, 5.41) is 5.92. The Balaban J connectivity index is 1.52. The monoisotopic (exact) mass is 556 g/mol. The van der Waals surface area contributed by atoms with Crippen molar-refractivity contribution in [3.05, 3.63) is 82.8 Å². The summed E-state index contributed by atoms with van der Waals surface area (Å²) >= 11 is 8.77. The average molecular weight is 558 g/mol. The summed E-state index contributed by atoms with van der Waals surface area (Å²) in [7, 11) is 0. The van der Waals surface area contributed by atoms with E-state index < -0.39 is 0 Å². The van der Waals surface area contributed by atoms with Crippen molar-refractivity contribution in [2.24, 2.45) is 5.92 Å². The van der Waals surface area contributed by atoms with Crippen molar-refractivity contribution in [1.82, 2.24) is 5.32 Å². The summed E-state index contributed by atoms with van der Waals surface area (Å²) < 4.78 is 18.0. The van der Waals surface area contributed by atoms with Crippen molar-refractivity contribution in [3.63, 3.8) is 0 Å². The zero-order valence-corrected chi connectivity index (χ0v) is 22.2. The van der Waals surface area contributed by atoms with Crippen molar-refractivity contribution >= 4 is 44.9 Å². The summed E-state index contributed by atoms with van der Waals surface area (Å²) in [6.07, 6.45) is 0.897. The summed E-state index contributed by atoms with van der Waals surface area (Å²) in [4.78, 5) is 12.9. The number of benzene rings is 3. The molecule has 35 heavy (non-hydrogen) atoms. The van der Waals surface area contributed by atoms with Gasteiger partial charge in [-0.15, -0.1) is 0 Å². The molecule has 0 aliphatic heterocycles. The van der Waals surface area contributed by atoms with Crippen LogP contribution >= 0.6 is 28.1 Å². The van der Waals surface area contributed by atoms with E-state index in [1.807, 2.05) is 54.6 Å². The highest BCUT2D eigenvalue weighted by atomic mass is 79.9. The topological polar surface area (TPSA) is 68.8 Å². The number of rotatable bonds is 11. The fraction of sp³-hybridized carbons (Fsp3) is 0.259. The van der Waals surface area contributed by atoms with E-state index in [4.69, 9.17) is 26.4 Å². The lowest BCUT2D eigenvalue weighted by molar-refractivity contribution is 0.0973. The lowest BCUT2D eigenvalue weighted by Crippen LogP contribution is -2.34. The average Bonchev–Trinajstić information content (AvgIpc) is 2.83. The Morgan fingerprint density at radius 1 is 0.886 bits per heavy atom. The molecule has 3 aromatic carbocycles. The van der Waals surface area contributed by atoms with Crippen LogP contribution in [0, 0.1) is 5.92 Å². The highest BCUT2D eigenvalue weighted by Gasteiger charge is 2.15. The molecule has 0 aliphatic rings. The van der Waals surface area contributed by atoms with Crippen molar-refractivity contribution in [1.29, 1.82) is 0 Å². The third-order valence-corrected chi connectivity index (χ3v) is 5.52. The number of hydrogen-bond donors (Lipinski definition) is 2. The van der Waals surface area contributed by atoms with Gasteiger partial charge in [-0.25, -0.2) is 0 Å². The molecule has 0 bridgehead atoms. The fourth-order valence-electron chi connectivity index (χ4n) is 3.04. The number of halogens is 1. The smallest absolute Gasteiger partial charge is 0.261 e. The zero-order chi connectivity index (χ0) is 25.0. The highest BCUT2D eigenvalue weighted by Crippen LogP contribution is 2.24. The normalized spacial score (nSPS) is 10.5. The molecule has 0 unspecified atom stereocenters. The van der Waals surface area contributed by atoms with Crippen LogP contribution in [0.1, 0.15) is 30.6 Å². The predicted molar refractivity (Wildman–Crippen MR) is 147 cm³/mol. The molecule has 3 aromatic rings. The van der Waals surface area contributed by atoms with Crippen LogP contribution in [0.15, 0.2) is 77.3 Å². The van der Waals surface area contributed by atoms with Gasteiger partial charge in [0, 0.05) is 16.2 Å². The maximum Gasteiger partial charge on any atom is 0.261 e. The van der Waals surface area contributed by atoms with Crippen LogP contribution in [0.25, 0.3) is 0 Å². The van der Waals surface area contributed by atoms with Crippen molar-refractivity contribution in [2.45, 2.75) is 20.3 Å². The van der Waals surface area contributed by atoms with E-state index in [2.05, 4.69) is 40.4 Å². The summed E-state index contributed by atoms with van der Waals surface area (Å²) in [6.45, 7) is 5.60. The van der Waals surface area contributed by atoms with Gasteiger partial charge in [-0.1, -0.05) is 54.0 Å². The number of carbonyl (C=O) groups is 1. The van der Waals surface area contributed by atoms with Crippen LogP contribution in [0.3, 0.4) is 0 Å². The van der Waals surface area contributed by atoms with Gasteiger partial charge in [0.2, 0.25) is 0 Å². The van der Waals surface area contributed by atoms with Crippen LogP contribution in [0.2, 0.25) is 0 Å². The molecule has 2 N–H and O–H groups in total. The Labute approximate surface area is 220 Å². The number of nitrogens with one attached hydrogen (secondary N) is 2. The molecule has 184 valence electrons. The Morgan fingerprint density at radius 2 is 1.60 bits per heavy atom. The molecule has 0 aliphatic carbocycles. The first kappa shape index (κ1) is 26.5. The van der Waals surface area contributed by atoms with Gasteiger partial charge < -0.3 is 19.5 Å². The van der Waals surface area contributed by atoms with E-state index in [1.54, 1.807) is 18.2 Å². The summed E-state index contributed by atoms with van der Waals surface area (Å²) in [5.74, 6) is 2.13. The molecule has 3 rings (SSSR count). The molecule has 0 saturated carbocycles. The lowest BCUT2D eigenvalue weighted by Gasteiger charge is -2.15. The number of ether oxygens (including phenoxy) is 3. The van der Waals surface area contributed by atoms with E-state index in [1.165, 1.54) is 0 Å². The Bertz CT molecular complexity index is 1130. The van der Waals surface area contributed by atoms with Gasteiger partial charge in [-0.05, 0) is 67.0 Å². The van der Waals surface area contributed by atoms with E-state index in [9.17, 15) is 4.79 Å². The van der Waals surface area contributed by atoms with Gasteiger partial charge in [0.15, 0.2) is 5.11 Å². The molecule has 0 atom stereocenters. The van der Waals surface area contributed by atoms with Crippen LogP contribution in [-0.4, -0.2) is 30.8 Å². The summed E-state index contributed by atoms with van der Waals surface area (Å²) in [6, 6.07) is 22.2. The van der Waals surface area contributed by atoms with Crippen molar-refractivity contribution in [3.8, 4) is 17.2 Å². The van der Waals surface area contributed by atoms with Gasteiger partial charge in [-0.3, -0.25) is 10.1 Å². The second-order valence-electron chi connectivity index (χ2n) is 8.12. The van der Waals surface area contributed by atoms with E-state index in [0.29, 0.717) is 48.5 Å². The van der Waals surface area contributed by atoms with Crippen molar-refractivity contribution < 1.29 is 19.0 Å². The molecular weight excluding hydrogens is 528 g/mol. The molecule has 0 heterocycles. The van der Waals surface area contributed by atoms with Crippen LogP contribution in [0.5, 0.6) is 17.2 Å². The minimum absolute atomic E-state index is 0.174. The first-order valence-corrected chi connectivity index (χ1v) is 12.6. The first-order chi connectivity index (χ1) is 16.9. The molecule has 0 saturated heterocycles. The molecule has 6 nitrogen and oxygen atoms in total. The molecule has 0 aromatic heterocycles. The predicted octanol–water partition coefficient (Wildman–Crippen LogP) is 6.46. The maximum absolute atomic E-state index is 12.9. The number of para-hydroxylation sites is 1. The maximum atomic E-state index is 12.9. The van der Waals surface area contributed by atoms with Gasteiger partial charge >= 0.3 is 0 Å². The number of anilines is 1. The molecule has 0 spiro atoms. The van der Waals surface area contributed by atoms with Gasteiger partial charge in [0.25, 0.3) is 5.91 Å². The molecule has 8 heteroatoms. The number of hydrogen-bond acceptors (Lipinski definition) is 5. The van der Waals surface area contributed by atoms with E-state index >= 15 is 0 Å². The quantitative estimate of drug-likeness (QED) is 0.208. The zero-order valence-electron chi connectivity index (χ0n) is 19.8. The minimum atomic E-state index is -0.353. The van der Waals surface area contributed by atoms with Gasteiger partial charge in [-0.2, -0.15) is 0 Å². The van der Waals surface area contributed by atoms with Crippen LogP contribution < -0.4 is 24.8 Å². The number of amides is 1. The Kier molecular flexibility index (Phi) is 10.4. The Morgan fingerprint density at radius 3 is 2.34 bits per heavy atom. The second-order valence-corrected chi connectivity index (χ2v) is 9.44. The Hall–Kier alpha value is -3.10. The third kappa shape index (κ3) is 9.22. The van der Waals surface area contributed by atoms with Crippen molar-refractivity contribution in [2.75, 3.05) is 25.1 Å². The van der Waals surface area contributed by atoms with Crippen LogP contribution in [-0.2, 0) is 0 Å². The van der Waals surface area contributed by atoms with E-state index in [0.717, 1.165) is 16.6 Å². The van der Waals surface area contributed by atoms with Crippen LogP contribution in [0.4, 0.5) is 5.69 Å². The standard InChI is InChI=1S/C27H29BrN2O4S/c1-19(2)13-14-34-25-12-11-20(28)17-24(25)26(31)30-27(35)29-21-7-6-10-23(18-21)33-16-15-32-22-8-4-3-5-9-22/h3-12,17-19H,13-16H2,1-2H3,(H2,29,30,31,35). The molecule has 1 amide bonds. The summed E-state index contributed by atoms with van der Waals surface area (Å²) in [5.41, 5.74) is 1.10. The third-order valence-electron chi connectivity index (χ3n) is 4.82. The molecule has 0 radical (unpaired) electrons. The lowest BCUT2D eigenvalue weighted by atomic mass is 10.1. The largest absolute Gasteiger partial charge is 0.493 e. The number of thiocarbonyl (C=S) groups is 1. The van der Waals surface area contributed by atoms with Gasteiger partial charge in [0.1, 0.15) is 30.5 Å². The van der Waals surface area contributed by atoms with E-state index in [-0.39, 0.29) is 11.0 Å². The number of carbonyl (C=O) groups excluding carboxylic acids is 1. The highest BCUT2D eigenvalue weighted by molar-refractivity contribution is 9.10. The fourth-order valence-corrected chi connectivity index (χ4v) is 3.61. The van der Waals surface area contributed by atoms with Gasteiger partial charge in [0.05, 0.1) is 12.2 Å². The molecular formula is C27H29BrN2O4S. The molecule has 0 fully saturated rings. The minimum Gasteiger partial charge on any atom is -0.493 e. The second kappa shape index (κ2) is 13.7.